The average molecular weight is 383 g/mol. The van der Waals surface area contributed by atoms with E-state index in [2.05, 4.69) is 27.0 Å². The zero-order valence-corrected chi connectivity index (χ0v) is 16.0. The Morgan fingerprint density at radius 1 is 1.25 bits per heavy atom. The van der Waals surface area contributed by atoms with E-state index in [9.17, 15) is 9.90 Å². The number of methoxy groups -OCH3 is 1. The number of benzene rings is 1. The van der Waals surface area contributed by atoms with E-state index < -0.39 is 5.97 Å². The van der Waals surface area contributed by atoms with Crippen LogP contribution >= 0.6 is 0 Å². The number of rotatable bonds is 3. The number of esters is 1. The lowest BCUT2D eigenvalue weighted by molar-refractivity contribution is -0.173. The number of piperidine rings is 1. The first-order valence-corrected chi connectivity index (χ1v) is 9.65. The molecule has 148 valence electrons. The molecule has 2 saturated heterocycles. The molecule has 0 saturated carbocycles. The maximum Gasteiger partial charge on any atom is 0.356 e. The van der Waals surface area contributed by atoms with Crippen molar-refractivity contribution < 1.29 is 19.4 Å². The molecule has 2 fully saturated rings. The Labute approximate surface area is 164 Å². The number of anilines is 1. The summed E-state index contributed by atoms with van der Waals surface area (Å²) in [7, 11) is 1.34. The maximum absolute atomic E-state index is 11.7. The summed E-state index contributed by atoms with van der Waals surface area (Å²) in [5.41, 5.74) is 1.04. The third kappa shape index (κ3) is 3.86. The van der Waals surface area contributed by atoms with E-state index in [4.69, 9.17) is 9.47 Å². The molecule has 7 heteroatoms. The van der Waals surface area contributed by atoms with Crippen LogP contribution in [0.1, 0.15) is 47.8 Å². The van der Waals surface area contributed by atoms with Gasteiger partial charge in [0.25, 0.3) is 0 Å². The highest BCUT2D eigenvalue weighted by molar-refractivity contribution is 5.87. The van der Waals surface area contributed by atoms with Gasteiger partial charge in [0.05, 0.1) is 24.9 Å². The topological polar surface area (TPSA) is 84.8 Å². The Kier molecular flexibility index (Phi) is 5.28. The van der Waals surface area contributed by atoms with E-state index in [-0.39, 0.29) is 23.5 Å². The summed E-state index contributed by atoms with van der Waals surface area (Å²) < 4.78 is 11.3. The van der Waals surface area contributed by atoms with E-state index >= 15 is 0 Å². The SMILES string of the molecule is COC(=O)c1cc(N2CCC3(CC2)C[C@@H](O)C[C@H](c2ccccc2)O3)ncn1. The van der Waals surface area contributed by atoms with Crippen molar-refractivity contribution in [3.05, 3.63) is 54.0 Å². The van der Waals surface area contributed by atoms with Crippen LogP contribution in [0.2, 0.25) is 0 Å². The predicted octanol–water partition coefficient (Wildman–Crippen LogP) is 2.51. The zero-order valence-electron chi connectivity index (χ0n) is 16.0. The summed E-state index contributed by atoms with van der Waals surface area (Å²) in [5, 5.41) is 10.5. The fourth-order valence-electron chi connectivity index (χ4n) is 4.23. The molecule has 3 heterocycles. The zero-order chi connectivity index (χ0) is 19.6. The van der Waals surface area contributed by atoms with E-state index in [1.807, 2.05) is 18.2 Å². The Morgan fingerprint density at radius 2 is 2.00 bits per heavy atom. The summed E-state index contributed by atoms with van der Waals surface area (Å²) in [6.07, 6.45) is 3.82. The van der Waals surface area contributed by atoms with Crippen molar-refractivity contribution in [2.24, 2.45) is 0 Å². The van der Waals surface area contributed by atoms with Gasteiger partial charge in [0.15, 0.2) is 5.69 Å². The van der Waals surface area contributed by atoms with Gasteiger partial charge in [-0.25, -0.2) is 14.8 Å². The number of nitrogens with zero attached hydrogens (tertiary/aromatic N) is 3. The number of aliphatic hydroxyl groups is 1. The molecule has 1 aromatic heterocycles. The highest BCUT2D eigenvalue weighted by Gasteiger charge is 2.43. The lowest BCUT2D eigenvalue weighted by atomic mass is 9.81. The lowest BCUT2D eigenvalue weighted by Crippen LogP contribution is -2.51. The summed E-state index contributed by atoms with van der Waals surface area (Å²) in [6, 6.07) is 11.8. The van der Waals surface area contributed by atoms with E-state index in [1.165, 1.54) is 13.4 Å². The summed E-state index contributed by atoms with van der Waals surface area (Å²) in [4.78, 5) is 22.1. The molecule has 1 aromatic carbocycles. The largest absolute Gasteiger partial charge is 0.464 e. The van der Waals surface area contributed by atoms with Crippen LogP contribution in [-0.4, -0.2) is 52.9 Å². The second kappa shape index (κ2) is 7.85. The maximum atomic E-state index is 11.7. The van der Waals surface area contributed by atoms with Gasteiger partial charge in [-0.05, 0) is 18.4 Å². The summed E-state index contributed by atoms with van der Waals surface area (Å²) in [6.45, 7) is 1.48. The van der Waals surface area contributed by atoms with Crippen molar-refractivity contribution in [3.63, 3.8) is 0 Å². The minimum atomic E-state index is -0.471. The molecule has 28 heavy (non-hydrogen) atoms. The smallest absolute Gasteiger partial charge is 0.356 e. The van der Waals surface area contributed by atoms with Gasteiger partial charge in [-0.1, -0.05) is 30.3 Å². The molecule has 2 aliphatic rings. The van der Waals surface area contributed by atoms with Gasteiger partial charge in [-0.3, -0.25) is 0 Å². The number of aliphatic hydroxyl groups excluding tert-OH is 1. The van der Waals surface area contributed by atoms with Crippen LogP contribution in [-0.2, 0) is 9.47 Å². The standard InChI is InChI=1S/C21H25N3O4/c1-27-20(26)17-12-19(23-14-22-17)24-9-7-21(8-10-24)13-16(25)11-18(28-21)15-5-3-2-4-6-15/h2-6,12,14,16,18,25H,7-11,13H2,1H3/t16-,18+/m0/s1. The van der Waals surface area contributed by atoms with Gasteiger partial charge in [0, 0.05) is 32.0 Å². The van der Waals surface area contributed by atoms with Gasteiger partial charge in [-0.15, -0.1) is 0 Å². The number of carbonyl (C=O) groups is 1. The molecular formula is C21H25N3O4. The molecule has 0 amide bonds. The van der Waals surface area contributed by atoms with Crippen molar-refractivity contribution in [1.82, 2.24) is 9.97 Å². The van der Waals surface area contributed by atoms with Crippen LogP contribution in [0, 0.1) is 0 Å². The molecule has 0 radical (unpaired) electrons. The first-order valence-electron chi connectivity index (χ1n) is 9.65. The molecule has 0 aliphatic carbocycles. The van der Waals surface area contributed by atoms with E-state index in [0.29, 0.717) is 18.7 Å². The highest BCUT2D eigenvalue weighted by Crippen LogP contribution is 2.43. The summed E-state index contributed by atoms with van der Waals surface area (Å²) >= 11 is 0. The van der Waals surface area contributed by atoms with E-state index in [0.717, 1.165) is 31.5 Å². The molecule has 2 aromatic rings. The van der Waals surface area contributed by atoms with Gasteiger partial charge in [-0.2, -0.15) is 0 Å². The van der Waals surface area contributed by atoms with Crippen LogP contribution in [0.3, 0.4) is 0 Å². The van der Waals surface area contributed by atoms with E-state index in [1.54, 1.807) is 6.07 Å². The molecule has 0 bridgehead atoms. The van der Waals surface area contributed by atoms with Crippen LogP contribution < -0.4 is 4.90 Å². The molecule has 4 rings (SSSR count). The molecule has 7 nitrogen and oxygen atoms in total. The van der Waals surface area contributed by atoms with Gasteiger partial charge >= 0.3 is 5.97 Å². The Morgan fingerprint density at radius 3 is 2.71 bits per heavy atom. The summed E-state index contributed by atoms with van der Waals surface area (Å²) in [5.74, 6) is 0.239. The Hall–Kier alpha value is -2.51. The first-order chi connectivity index (χ1) is 13.6. The van der Waals surface area contributed by atoms with Crippen molar-refractivity contribution in [2.75, 3.05) is 25.1 Å². The number of aromatic nitrogens is 2. The van der Waals surface area contributed by atoms with Gasteiger partial charge in [0.1, 0.15) is 12.1 Å². The van der Waals surface area contributed by atoms with Gasteiger partial charge < -0.3 is 19.5 Å². The number of carbonyl (C=O) groups excluding carboxylic acids is 1. The first kappa shape index (κ1) is 18.8. The minimum absolute atomic E-state index is 0.0820. The quantitative estimate of drug-likeness (QED) is 0.815. The predicted molar refractivity (Wildman–Crippen MR) is 103 cm³/mol. The van der Waals surface area contributed by atoms with Crippen LogP contribution in [0.5, 0.6) is 0 Å². The Bertz CT molecular complexity index is 821. The third-order valence-corrected chi connectivity index (χ3v) is 5.70. The third-order valence-electron chi connectivity index (χ3n) is 5.70. The molecule has 2 atom stereocenters. The number of hydrogen-bond acceptors (Lipinski definition) is 7. The second-order valence-electron chi connectivity index (χ2n) is 7.53. The van der Waals surface area contributed by atoms with Crippen molar-refractivity contribution in [3.8, 4) is 0 Å². The lowest BCUT2D eigenvalue weighted by Gasteiger charge is -2.48. The van der Waals surface area contributed by atoms with Crippen molar-refractivity contribution in [2.45, 2.75) is 43.5 Å². The van der Waals surface area contributed by atoms with Crippen molar-refractivity contribution >= 4 is 11.8 Å². The molecule has 2 aliphatic heterocycles. The van der Waals surface area contributed by atoms with Gasteiger partial charge in [0.2, 0.25) is 0 Å². The van der Waals surface area contributed by atoms with Crippen LogP contribution in [0.25, 0.3) is 0 Å². The van der Waals surface area contributed by atoms with Crippen molar-refractivity contribution in [1.29, 1.82) is 0 Å². The van der Waals surface area contributed by atoms with Crippen LogP contribution in [0.15, 0.2) is 42.7 Å². The fourth-order valence-corrected chi connectivity index (χ4v) is 4.23. The highest BCUT2D eigenvalue weighted by atomic mass is 16.5. The second-order valence-corrected chi connectivity index (χ2v) is 7.53. The average Bonchev–Trinajstić information content (AvgIpc) is 2.74. The molecule has 1 N–H and O–H groups in total. The molecular weight excluding hydrogens is 358 g/mol. The fraction of sp³-hybridized carbons (Fsp3) is 0.476. The molecule has 0 unspecified atom stereocenters. The minimum Gasteiger partial charge on any atom is -0.464 e. The number of ether oxygens (including phenoxy) is 2. The van der Waals surface area contributed by atoms with Crippen LogP contribution in [0.4, 0.5) is 5.82 Å². The number of hydrogen-bond donors (Lipinski definition) is 1. The molecule has 1 spiro atoms. The normalized spacial score (nSPS) is 24.1. The Balaban J connectivity index is 1.46. The monoisotopic (exact) mass is 383 g/mol.